The largest absolute Gasteiger partial charge is 0.369 e. The van der Waals surface area contributed by atoms with Gasteiger partial charge in [-0.15, -0.1) is 0 Å². The van der Waals surface area contributed by atoms with Crippen molar-refractivity contribution in [2.75, 3.05) is 11.9 Å². The highest BCUT2D eigenvalue weighted by molar-refractivity contribution is 5.73. The Morgan fingerprint density at radius 2 is 2.00 bits per heavy atom. The molecule has 1 heterocycles. The predicted molar refractivity (Wildman–Crippen MR) is 66.2 cm³/mol. The molecule has 0 atom stereocenters. The summed E-state index contributed by atoms with van der Waals surface area (Å²) in [5.74, 6) is 0.906. The first-order chi connectivity index (χ1) is 7.92. The van der Waals surface area contributed by atoms with Gasteiger partial charge in [0.05, 0.1) is 0 Å². The second-order valence-electron chi connectivity index (χ2n) is 3.58. The topological polar surface area (TPSA) is 37.8 Å². The normalized spacial score (nSPS) is 10.1. The quantitative estimate of drug-likeness (QED) is 0.848. The molecule has 0 bridgehead atoms. The van der Waals surface area contributed by atoms with Gasteiger partial charge in [-0.1, -0.05) is 37.3 Å². The van der Waals surface area contributed by atoms with Crippen molar-refractivity contribution in [1.82, 2.24) is 9.97 Å². The molecule has 0 unspecified atom stereocenters. The Morgan fingerprint density at radius 1 is 1.19 bits per heavy atom. The number of benzene rings is 1. The third kappa shape index (κ3) is 2.37. The average molecular weight is 213 g/mol. The van der Waals surface area contributed by atoms with Gasteiger partial charge in [0.1, 0.15) is 12.1 Å². The van der Waals surface area contributed by atoms with Crippen LogP contribution in [0.5, 0.6) is 0 Å². The fraction of sp³-hybridized carbons (Fsp3) is 0.231. The number of aromatic nitrogens is 2. The molecule has 16 heavy (non-hydrogen) atoms. The molecule has 3 heteroatoms. The number of nitrogens with one attached hydrogen (secondary N) is 1. The van der Waals surface area contributed by atoms with E-state index in [1.165, 1.54) is 0 Å². The van der Waals surface area contributed by atoms with Gasteiger partial charge in [-0.2, -0.15) is 0 Å². The molecule has 0 saturated carbocycles. The molecule has 0 aliphatic carbocycles. The summed E-state index contributed by atoms with van der Waals surface area (Å²) < 4.78 is 0. The molecule has 1 aromatic heterocycles. The van der Waals surface area contributed by atoms with Crippen LogP contribution in [0.25, 0.3) is 11.1 Å². The van der Waals surface area contributed by atoms with Gasteiger partial charge in [0.2, 0.25) is 0 Å². The highest BCUT2D eigenvalue weighted by atomic mass is 15.0. The van der Waals surface area contributed by atoms with Crippen LogP contribution in [0.3, 0.4) is 0 Å². The summed E-state index contributed by atoms with van der Waals surface area (Å²) in [6.45, 7) is 3.06. The Labute approximate surface area is 95.6 Å². The van der Waals surface area contributed by atoms with Crippen molar-refractivity contribution in [1.29, 1.82) is 0 Å². The van der Waals surface area contributed by atoms with Gasteiger partial charge in [-0.25, -0.2) is 9.97 Å². The molecule has 1 N–H and O–H groups in total. The fourth-order valence-electron chi connectivity index (χ4n) is 1.54. The molecule has 0 aliphatic heterocycles. The number of rotatable bonds is 4. The van der Waals surface area contributed by atoms with E-state index in [0.717, 1.165) is 29.9 Å². The Balaban J connectivity index is 2.33. The highest BCUT2D eigenvalue weighted by Crippen LogP contribution is 2.24. The van der Waals surface area contributed by atoms with Crippen LogP contribution >= 0.6 is 0 Å². The van der Waals surface area contributed by atoms with Crippen molar-refractivity contribution < 1.29 is 0 Å². The molecule has 2 aromatic rings. The monoisotopic (exact) mass is 213 g/mol. The SMILES string of the molecule is CCCNc1ncncc1-c1ccccc1. The predicted octanol–water partition coefficient (Wildman–Crippen LogP) is 2.97. The molecule has 0 aliphatic rings. The Kier molecular flexibility index (Phi) is 3.49. The minimum absolute atomic E-state index is 0.906. The van der Waals surface area contributed by atoms with E-state index in [4.69, 9.17) is 0 Å². The molecule has 2 rings (SSSR count). The van der Waals surface area contributed by atoms with E-state index < -0.39 is 0 Å². The van der Waals surface area contributed by atoms with Gasteiger partial charge in [-0.3, -0.25) is 0 Å². The third-order valence-corrected chi connectivity index (χ3v) is 2.34. The van der Waals surface area contributed by atoms with Gasteiger partial charge in [0.25, 0.3) is 0 Å². The fourth-order valence-corrected chi connectivity index (χ4v) is 1.54. The van der Waals surface area contributed by atoms with E-state index in [1.54, 1.807) is 6.33 Å². The maximum Gasteiger partial charge on any atom is 0.137 e. The summed E-state index contributed by atoms with van der Waals surface area (Å²) in [7, 11) is 0. The molecule has 0 radical (unpaired) electrons. The van der Waals surface area contributed by atoms with Crippen LogP contribution in [0.4, 0.5) is 5.82 Å². The first kappa shape index (κ1) is 10.6. The minimum atomic E-state index is 0.906. The molecule has 0 fully saturated rings. The smallest absolute Gasteiger partial charge is 0.137 e. The zero-order chi connectivity index (χ0) is 11.2. The maximum absolute atomic E-state index is 4.27. The minimum Gasteiger partial charge on any atom is -0.369 e. The molecule has 1 aromatic carbocycles. The summed E-state index contributed by atoms with van der Waals surface area (Å²) in [5, 5.41) is 3.31. The van der Waals surface area contributed by atoms with Crippen LogP contribution in [-0.4, -0.2) is 16.5 Å². The molecular formula is C13H15N3. The lowest BCUT2D eigenvalue weighted by molar-refractivity contribution is 0.965. The summed E-state index contributed by atoms with van der Waals surface area (Å²) in [5.41, 5.74) is 2.19. The molecule has 0 spiro atoms. The lowest BCUT2D eigenvalue weighted by atomic mass is 10.1. The van der Waals surface area contributed by atoms with Gasteiger partial charge >= 0.3 is 0 Å². The standard InChI is InChI=1S/C13H15N3/c1-2-8-15-13-12(9-14-10-16-13)11-6-4-3-5-7-11/h3-7,9-10H,2,8H2,1H3,(H,14,15,16). The van der Waals surface area contributed by atoms with Gasteiger partial charge in [0.15, 0.2) is 0 Å². The summed E-state index contributed by atoms with van der Waals surface area (Å²) in [4.78, 5) is 8.35. The van der Waals surface area contributed by atoms with E-state index in [9.17, 15) is 0 Å². The van der Waals surface area contributed by atoms with Crippen molar-refractivity contribution in [2.24, 2.45) is 0 Å². The van der Waals surface area contributed by atoms with Crippen LogP contribution < -0.4 is 5.32 Å². The van der Waals surface area contributed by atoms with Crippen LogP contribution in [-0.2, 0) is 0 Å². The number of nitrogens with zero attached hydrogens (tertiary/aromatic N) is 2. The lowest BCUT2D eigenvalue weighted by Crippen LogP contribution is -2.03. The van der Waals surface area contributed by atoms with E-state index in [1.807, 2.05) is 24.4 Å². The van der Waals surface area contributed by atoms with Crippen molar-refractivity contribution >= 4 is 5.82 Å². The van der Waals surface area contributed by atoms with Gasteiger partial charge in [-0.05, 0) is 12.0 Å². The molecular weight excluding hydrogens is 198 g/mol. The van der Waals surface area contributed by atoms with Crippen LogP contribution in [0.15, 0.2) is 42.9 Å². The van der Waals surface area contributed by atoms with E-state index in [-0.39, 0.29) is 0 Å². The van der Waals surface area contributed by atoms with Gasteiger partial charge < -0.3 is 5.32 Å². The number of hydrogen-bond donors (Lipinski definition) is 1. The first-order valence-corrected chi connectivity index (χ1v) is 5.51. The average Bonchev–Trinajstić information content (AvgIpc) is 2.38. The summed E-state index contributed by atoms with van der Waals surface area (Å²) >= 11 is 0. The van der Waals surface area contributed by atoms with Crippen molar-refractivity contribution in [3.8, 4) is 11.1 Å². The third-order valence-electron chi connectivity index (χ3n) is 2.34. The number of hydrogen-bond acceptors (Lipinski definition) is 3. The molecule has 0 saturated heterocycles. The lowest BCUT2D eigenvalue weighted by Gasteiger charge is -2.09. The summed E-state index contributed by atoms with van der Waals surface area (Å²) in [6, 6.07) is 10.2. The van der Waals surface area contributed by atoms with Crippen molar-refractivity contribution in [3.05, 3.63) is 42.9 Å². The molecule has 3 nitrogen and oxygen atoms in total. The van der Waals surface area contributed by atoms with Crippen LogP contribution in [0.2, 0.25) is 0 Å². The molecule has 82 valence electrons. The number of anilines is 1. The summed E-state index contributed by atoms with van der Waals surface area (Å²) in [6.07, 6.45) is 4.50. The Hall–Kier alpha value is -1.90. The Bertz CT molecular complexity index is 440. The van der Waals surface area contributed by atoms with Crippen LogP contribution in [0.1, 0.15) is 13.3 Å². The maximum atomic E-state index is 4.27. The zero-order valence-electron chi connectivity index (χ0n) is 9.35. The molecule has 0 amide bonds. The second-order valence-corrected chi connectivity index (χ2v) is 3.58. The van der Waals surface area contributed by atoms with Crippen molar-refractivity contribution in [3.63, 3.8) is 0 Å². The highest BCUT2D eigenvalue weighted by Gasteiger charge is 2.04. The zero-order valence-corrected chi connectivity index (χ0v) is 9.35. The second kappa shape index (κ2) is 5.26. The van der Waals surface area contributed by atoms with Gasteiger partial charge in [0, 0.05) is 18.3 Å². The van der Waals surface area contributed by atoms with E-state index in [0.29, 0.717) is 0 Å². The van der Waals surface area contributed by atoms with E-state index >= 15 is 0 Å². The van der Waals surface area contributed by atoms with Crippen LogP contribution in [0, 0.1) is 0 Å². The Morgan fingerprint density at radius 3 is 2.75 bits per heavy atom. The van der Waals surface area contributed by atoms with E-state index in [2.05, 4.69) is 34.3 Å². The first-order valence-electron chi connectivity index (χ1n) is 5.51. The van der Waals surface area contributed by atoms with Crippen molar-refractivity contribution in [2.45, 2.75) is 13.3 Å².